The van der Waals surface area contributed by atoms with Crippen LogP contribution in [0.5, 0.6) is 17.4 Å². The Morgan fingerprint density at radius 3 is 2.75 bits per heavy atom. The van der Waals surface area contributed by atoms with E-state index in [-0.39, 0.29) is 0 Å². The minimum Gasteiger partial charge on any atom is -0.493 e. The third-order valence-corrected chi connectivity index (χ3v) is 4.37. The summed E-state index contributed by atoms with van der Waals surface area (Å²) in [6, 6.07) is 9.61. The SMILES string of the molecule is CCOc1cc(NC(=NC)NCc2ccnc(OCC3CC3)c2)ccc1OC. The van der Waals surface area contributed by atoms with Gasteiger partial charge in [-0.3, -0.25) is 4.99 Å². The minimum absolute atomic E-state index is 0.569. The van der Waals surface area contributed by atoms with Crippen LogP contribution in [0.3, 0.4) is 0 Å². The van der Waals surface area contributed by atoms with Crippen molar-refractivity contribution in [1.82, 2.24) is 10.3 Å². The van der Waals surface area contributed by atoms with Crippen LogP contribution in [0.25, 0.3) is 0 Å². The summed E-state index contributed by atoms with van der Waals surface area (Å²) in [5, 5.41) is 6.57. The highest BCUT2D eigenvalue weighted by Crippen LogP contribution is 2.30. The number of hydrogen-bond donors (Lipinski definition) is 2. The molecule has 7 heteroatoms. The average Bonchev–Trinajstić information content (AvgIpc) is 3.55. The lowest BCUT2D eigenvalue weighted by Crippen LogP contribution is -2.30. The van der Waals surface area contributed by atoms with Gasteiger partial charge in [-0.2, -0.15) is 0 Å². The molecule has 0 bridgehead atoms. The van der Waals surface area contributed by atoms with Gasteiger partial charge in [0, 0.05) is 37.6 Å². The fourth-order valence-corrected chi connectivity index (χ4v) is 2.65. The van der Waals surface area contributed by atoms with Gasteiger partial charge in [-0.25, -0.2) is 4.98 Å². The van der Waals surface area contributed by atoms with E-state index in [0.29, 0.717) is 42.4 Å². The fourth-order valence-electron chi connectivity index (χ4n) is 2.65. The lowest BCUT2D eigenvalue weighted by molar-refractivity contribution is 0.288. The molecule has 0 unspecified atom stereocenters. The van der Waals surface area contributed by atoms with Gasteiger partial charge in [0.05, 0.1) is 20.3 Å². The number of benzene rings is 1. The Morgan fingerprint density at radius 2 is 2.04 bits per heavy atom. The maximum atomic E-state index is 5.75. The van der Waals surface area contributed by atoms with Gasteiger partial charge in [0.25, 0.3) is 0 Å². The number of ether oxygens (including phenoxy) is 3. The highest BCUT2D eigenvalue weighted by molar-refractivity contribution is 5.93. The van der Waals surface area contributed by atoms with Crippen molar-refractivity contribution in [3.05, 3.63) is 42.1 Å². The topological polar surface area (TPSA) is 77.0 Å². The van der Waals surface area contributed by atoms with Gasteiger partial charge >= 0.3 is 0 Å². The summed E-state index contributed by atoms with van der Waals surface area (Å²) in [5.41, 5.74) is 1.94. The Balaban J connectivity index is 1.57. The number of nitrogens with one attached hydrogen (secondary N) is 2. The first-order valence-electron chi connectivity index (χ1n) is 9.58. The van der Waals surface area contributed by atoms with Crippen LogP contribution in [0, 0.1) is 5.92 Å². The van der Waals surface area contributed by atoms with E-state index in [1.54, 1.807) is 20.4 Å². The summed E-state index contributed by atoms with van der Waals surface area (Å²) in [7, 11) is 3.36. The van der Waals surface area contributed by atoms with Gasteiger partial charge in [0.2, 0.25) is 5.88 Å². The summed E-state index contributed by atoms with van der Waals surface area (Å²) in [5.74, 6) is 3.43. The van der Waals surface area contributed by atoms with Crippen molar-refractivity contribution < 1.29 is 14.2 Å². The first-order valence-corrected chi connectivity index (χ1v) is 9.58. The average molecular weight is 384 g/mol. The predicted octanol–water partition coefficient (Wildman–Crippen LogP) is 3.47. The van der Waals surface area contributed by atoms with E-state index in [9.17, 15) is 0 Å². The van der Waals surface area contributed by atoms with Crippen molar-refractivity contribution in [3.8, 4) is 17.4 Å². The van der Waals surface area contributed by atoms with Crippen LogP contribution in [0.2, 0.25) is 0 Å². The largest absolute Gasteiger partial charge is 0.493 e. The Kier molecular flexibility index (Phi) is 6.94. The Hall–Kier alpha value is -2.96. The van der Waals surface area contributed by atoms with Crippen LogP contribution in [0.4, 0.5) is 5.69 Å². The Morgan fingerprint density at radius 1 is 1.18 bits per heavy atom. The zero-order valence-corrected chi connectivity index (χ0v) is 16.7. The van der Waals surface area contributed by atoms with Crippen molar-refractivity contribution in [2.24, 2.45) is 10.9 Å². The molecule has 2 aromatic rings. The standard InChI is InChI=1S/C21H28N4O3/c1-4-27-19-12-17(7-8-18(19)26-3)25-21(22-2)24-13-16-9-10-23-20(11-16)28-14-15-5-6-15/h7-12,15H,4-6,13-14H2,1-3H3,(H2,22,24,25). The van der Waals surface area contributed by atoms with Gasteiger partial charge in [-0.1, -0.05) is 0 Å². The van der Waals surface area contributed by atoms with Crippen LogP contribution in [0.15, 0.2) is 41.5 Å². The van der Waals surface area contributed by atoms with E-state index >= 15 is 0 Å². The van der Waals surface area contributed by atoms with Crippen molar-refractivity contribution in [2.75, 3.05) is 32.7 Å². The van der Waals surface area contributed by atoms with Gasteiger partial charge < -0.3 is 24.8 Å². The molecule has 1 aliphatic rings. The number of anilines is 1. The van der Waals surface area contributed by atoms with E-state index in [2.05, 4.69) is 20.6 Å². The van der Waals surface area contributed by atoms with Gasteiger partial charge in [-0.15, -0.1) is 0 Å². The maximum Gasteiger partial charge on any atom is 0.213 e. The molecule has 28 heavy (non-hydrogen) atoms. The summed E-state index contributed by atoms with van der Waals surface area (Å²) in [6.45, 7) is 3.88. The quantitative estimate of drug-likeness (QED) is 0.509. The van der Waals surface area contributed by atoms with Gasteiger partial charge in [0.15, 0.2) is 17.5 Å². The maximum absolute atomic E-state index is 5.75. The predicted molar refractivity (Wildman–Crippen MR) is 110 cm³/mol. The van der Waals surface area contributed by atoms with Crippen molar-refractivity contribution in [1.29, 1.82) is 0 Å². The van der Waals surface area contributed by atoms with E-state index in [0.717, 1.165) is 17.9 Å². The fraction of sp³-hybridized carbons (Fsp3) is 0.429. The third kappa shape index (κ3) is 5.77. The summed E-state index contributed by atoms with van der Waals surface area (Å²) in [4.78, 5) is 8.56. The molecule has 7 nitrogen and oxygen atoms in total. The molecule has 150 valence electrons. The zero-order chi connectivity index (χ0) is 19.8. The third-order valence-electron chi connectivity index (χ3n) is 4.37. The summed E-state index contributed by atoms with van der Waals surface area (Å²) in [6.07, 6.45) is 4.30. The molecule has 0 aliphatic heterocycles. The van der Waals surface area contributed by atoms with Crippen LogP contribution in [0.1, 0.15) is 25.3 Å². The van der Waals surface area contributed by atoms with E-state index in [4.69, 9.17) is 14.2 Å². The molecule has 1 saturated carbocycles. The van der Waals surface area contributed by atoms with Gasteiger partial charge in [0.1, 0.15) is 0 Å². The molecule has 1 aliphatic carbocycles. The molecule has 1 aromatic heterocycles. The van der Waals surface area contributed by atoms with Crippen LogP contribution >= 0.6 is 0 Å². The molecular formula is C21H28N4O3. The molecule has 1 fully saturated rings. The van der Waals surface area contributed by atoms with Crippen LogP contribution in [-0.4, -0.2) is 38.3 Å². The first kappa shape index (κ1) is 19.8. The molecule has 0 spiro atoms. The number of pyridine rings is 1. The highest BCUT2D eigenvalue weighted by atomic mass is 16.5. The van der Waals surface area contributed by atoms with Gasteiger partial charge in [-0.05, 0) is 49.4 Å². The monoisotopic (exact) mass is 384 g/mol. The molecule has 1 aromatic carbocycles. The number of hydrogen-bond acceptors (Lipinski definition) is 5. The molecule has 0 amide bonds. The molecular weight excluding hydrogens is 356 g/mol. The smallest absolute Gasteiger partial charge is 0.213 e. The number of methoxy groups -OCH3 is 1. The van der Waals surface area contributed by atoms with Crippen LogP contribution < -0.4 is 24.8 Å². The van der Waals surface area contributed by atoms with Crippen LogP contribution in [-0.2, 0) is 6.54 Å². The zero-order valence-electron chi connectivity index (χ0n) is 16.7. The molecule has 0 atom stereocenters. The normalized spacial score (nSPS) is 13.8. The highest BCUT2D eigenvalue weighted by Gasteiger charge is 2.22. The summed E-state index contributed by atoms with van der Waals surface area (Å²) < 4.78 is 16.7. The lowest BCUT2D eigenvalue weighted by atomic mass is 10.2. The van der Waals surface area contributed by atoms with Crippen molar-refractivity contribution in [3.63, 3.8) is 0 Å². The second-order valence-corrected chi connectivity index (χ2v) is 6.61. The van der Waals surface area contributed by atoms with E-state index in [1.807, 2.05) is 37.3 Å². The number of nitrogens with zero attached hydrogens (tertiary/aromatic N) is 2. The molecule has 0 saturated heterocycles. The molecule has 1 heterocycles. The Bertz CT molecular complexity index is 806. The first-order chi connectivity index (χ1) is 13.7. The molecule has 2 N–H and O–H groups in total. The Labute approximate surface area is 166 Å². The second-order valence-electron chi connectivity index (χ2n) is 6.61. The number of guanidine groups is 1. The minimum atomic E-state index is 0.569. The second kappa shape index (κ2) is 9.82. The van der Waals surface area contributed by atoms with Crippen molar-refractivity contribution in [2.45, 2.75) is 26.3 Å². The number of rotatable bonds is 9. The summed E-state index contributed by atoms with van der Waals surface area (Å²) >= 11 is 0. The van der Waals surface area contributed by atoms with E-state index in [1.165, 1.54) is 12.8 Å². The molecule has 3 rings (SSSR count). The van der Waals surface area contributed by atoms with Crippen molar-refractivity contribution >= 4 is 11.6 Å². The lowest BCUT2D eigenvalue weighted by Gasteiger charge is -2.15. The number of aliphatic imine (C=N–C) groups is 1. The number of aromatic nitrogens is 1. The molecule has 0 radical (unpaired) electrons. The van der Waals surface area contributed by atoms with E-state index < -0.39 is 0 Å².